The largest absolute Gasteiger partial charge is 0.370 e. The van der Waals surface area contributed by atoms with Crippen LogP contribution in [0.5, 0.6) is 0 Å². The first-order chi connectivity index (χ1) is 53.0. The number of nitroso groups, excluding NO2 is 2. The Labute approximate surface area is 643 Å². The molecule has 110 heavy (non-hydrogen) atoms. The number of carbonyl (C=O) groups is 9. The number of nitrogens with zero attached hydrogens (tertiary/aromatic N) is 11. The maximum Gasteiger partial charge on any atom is 0.268 e. The predicted octanol–water partition coefficient (Wildman–Crippen LogP) is 13.2. The number of carbonyl (C=O) groups excluding carboxylic acids is 9. The highest BCUT2D eigenvalue weighted by Gasteiger charge is 2.30. The Kier molecular flexibility index (Phi) is 28.5. The van der Waals surface area contributed by atoms with Crippen LogP contribution in [0.3, 0.4) is 0 Å². The van der Waals surface area contributed by atoms with Gasteiger partial charge < -0.3 is 45.6 Å². The van der Waals surface area contributed by atoms with Crippen molar-refractivity contribution in [2.45, 2.75) is 192 Å². The molecule has 28 nitrogen and oxygen atoms in total. The number of nitrogens with one attached hydrogen (secondary N) is 3. The molecule has 3 saturated carbocycles. The van der Waals surface area contributed by atoms with Gasteiger partial charge in [0.25, 0.3) is 46.8 Å². The number of imidazole rings is 3. The zero-order valence-corrected chi connectivity index (χ0v) is 64.2. The van der Waals surface area contributed by atoms with Gasteiger partial charge in [-0.2, -0.15) is 0 Å². The van der Waals surface area contributed by atoms with Crippen molar-refractivity contribution in [3.05, 3.63) is 163 Å². The molecular formula is C81H101N17O11S+2. The van der Waals surface area contributed by atoms with Crippen LogP contribution in [0.2, 0.25) is 0 Å². The maximum atomic E-state index is 13.4. The van der Waals surface area contributed by atoms with Crippen molar-refractivity contribution in [1.29, 1.82) is 0 Å². The number of thiophene rings is 1. The summed E-state index contributed by atoms with van der Waals surface area (Å²) in [6.45, 7) is 3.99. The summed E-state index contributed by atoms with van der Waals surface area (Å²) in [7, 11) is 6.52. The summed E-state index contributed by atoms with van der Waals surface area (Å²) < 4.78 is 7.00. The van der Waals surface area contributed by atoms with Crippen molar-refractivity contribution in [1.82, 2.24) is 43.4 Å². The lowest BCUT2D eigenvalue weighted by Crippen LogP contribution is -2.41. The molecule has 3 fully saturated rings. The molecule has 0 aliphatic heterocycles. The van der Waals surface area contributed by atoms with Crippen LogP contribution in [-0.4, -0.2) is 159 Å². The van der Waals surface area contributed by atoms with Gasteiger partial charge in [-0.3, -0.25) is 59.1 Å². The number of aryl methyl sites for hydroxylation is 3. The quantitative estimate of drug-likeness (QED) is 0.0187. The fraction of sp³-hybridized carbons (Fsp3) is 0.432. The van der Waals surface area contributed by atoms with E-state index in [1.807, 2.05) is 80.6 Å². The van der Waals surface area contributed by atoms with E-state index in [1.54, 1.807) is 89.5 Å². The molecule has 9 aromatic rings. The van der Waals surface area contributed by atoms with Gasteiger partial charge in [0.1, 0.15) is 0 Å². The number of fused-ring (bicyclic) bond motifs is 3. The average molecular weight is 1520 g/mol. The van der Waals surface area contributed by atoms with E-state index >= 15 is 0 Å². The molecule has 12 rings (SSSR count). The minimum absolute atomic E-state index is 0.00368. The van der Waals surface area contributed by atoms with Gasteiger partial charge in [0.05, 0.1) is 38.0 Å². The molecule has 0 saturated heterocycles. The number of primary amides is 3. The maximum absolute atomic E-state index is 13.4. The van der Waals surface area contributed by atoms with E-state index in [-0.39, 0.29) is 84.8 Å². The Bertz CT molecular complexity index is 4800. The Morgan fingerprint density at radius 3 is 1.16 bits per heavy atom. The molecule has 580 valence electrons. The zero-order chi connectivity index (χ0) is 78.5. The lowest BCUT2D eigenvalue weighted by molar-refractivity contribution is -0.428. The summed E-state index contributed by atoms with van der Waals surface area (Å²) in [5.41, 5.74) is 23.3. The van der Waals surface area contributed by atoms with Gasteiger partial charge in [0.15, 0.2) is 14.1 Å². The van der Waals surface area contributed by atoms with E-state index in [4.69, 9.17) is 22.2 Å². The second-order valence-electron chi connectivity index (χ2n) is 28.5. The van der Waals surface area contributed by atoms with Gasteiger partial charge >= 0.3 is 0 Å². The van der Waals surface area contributed by atoms with Crippen LogP contribution in [0, 0.1) is 9.81 Å². The molecule has 9 N–H and O–H groups in total. The highest BCUT2D eigenvalue weighted by Crippen LogP contribution is 2.32. The first-order valence-electron chi connectivity index (χ1n) is 38.2. The van der Waals surface area contributed by atoms with Crippen LogP contribution in [0.4, 0.5) is 29.2 Å². The predicted molar refractivity (Wildman–Crippen MR) is 425 cm³/mol. The Morgan fingerprint density at radius 2 is 0.791 bits per heavy atom. The monoisotopic (exact) mass is 1520 g/mol. The number of anilines is 3. The van der Waals surface area contributed by atoms with Gasteiger partial charge in [-0.05, 0) is 161 Å². The lowest BCUT2D eigenvalue weighted by atomic mass is 9.93. The minimum Gasteiger partial charge on any atom is -0.370 e. The summed E-state index contributed by atoms with van der Waals surface area (Å²) in [6.07, 6.45) is 21.1. The SMILES string of the molecule is CCN(C(=O)c1ccc2c(c1)nc(NC(=O)c1ccc([N+](C)=O)cc1)n2CCC(N)=O)C1CCCCC1.CN(C(=O)c1ccc2c(c1)nc(NC(=O)c1ccc([N+](C)=O)cc1)n2CCCCC(N)=O)C1CCCCC1.CN(C(=O)c1ccc2c(c1)nc(NC(=O)c1cccs1)n2CCCCCC(N)=O)C1CCCCC1. The van der Waals surface area contributed by atoms with Crippen LogP contribution in [0.15, 0.2) is 121 Å². The fourth-order valence-corrected chi connectivity index (χ4v) is 15.3. The third-order valence-corrected chi connectivity index (χ3v) is 21.7. The normalized spacial score (nSPS) is 14.0. The molecule has 4 aromatic heterocycles. The highest BCUT2D eigenvalue weighted by atomic mass is 32.1. The van der Waals surface area contributed by atoms with E-state index in [0.717, 1.165) is 99.3 Å². The van der Waals surface area contributed by atoms with Crippen molar-refractivity contribution in [2.75, 3.05) is 50.7 Å². The van der Waals surface area contributed by atoms with Crippen LogP contribution in [-0.2, 0) is 34.0 Å². The zero-order valence-electron chi connectivity index (χ0n) is 63.4. The van der Waals surface area contributed by atoms with Gasteiger partial charge in [-0.25, -0.2) is 15.0 Å². The number of nitrogens with two attached hydrogens (primary N) is 3. The molecule has 0 radical (unpaired) electrons. The second kappa shape index (κ2) is 38.6. The van der Waals surface area contributed by atoms with E-state index in [1.165, 1.54) is 57.5 Å². The molecule has 0 atom stereocenters. The van der Waals surface area contributed by atoms with Gasteiger partial charge in [-0.15, -0.1) is 11.3 Å². The molecular weight excluding hydrogens is 1420 g/mol. The molecule has 5 aromatic carbocycles. The third-order valence-electron chi connectivity index (χ3n) is 20.8. The fourth-order valence-electron chi connectivity index (χ4n) is 14.7. The average Bonchev–Trinajstić information content (AvgIpc) is 1.64. The van der Waals surface area contributed by atoms with Gasteiger partial charge in [0, 0.05) is 149 Å². The summed E-state index contributed by atoms with van der Waals surface area (Å²) in [5, 5.41) is 10.5. The van der Waals surface area contributed by atoms with E-state index in [0.29, 0.717) is 122 Å². The minimum atomic E-state index is -0.477. The lowest BCUT2D eigenvalue weighted by Gasteiger charge is -2.33. The number of hydrogen-bond acceptors (Lipinski definition) is 15. The van der Waals surface area contributed by atoms with E-state index in [9.17, 15) is 53.0 Å². The first-order valence-corrected chi connectivity index (χ1v) is 39.0. The number of benzene rings is 5. The summed E-state index contributed by atoms with van der Waals surface area (Å²) in [6, 6.07) is 33.2. The van der Waals surface area contributed by atoms with Crippen LogP contribution in [0.25, 0.3) is 33.1 Å². The van der Waals surface area contributed by atoms with E-state index in [2.05, 4.69) is 25.9 Å². The van der Waals surface area contributed by atoms with Crippen LogP contribution in [0.1, 0.15) is 216 Å². The van der Waals surface area contributed by atoms with Gasteiger partial charge in [-0.1, -0.05) is 70.3 Å². The molecule has 0 bridgehead atoms. The highest BCUT2D eigenvalue weighted by molar-refractivity contribution is 7.12. The van der Waals surface area contributed by atoms with Crippen molar-refractivity contribution < 1.29 is 52.7 Å². The molecule has 0 unspecified atom stereocenters. The third kappa shape index (κ3) is 21.1. The number of unbranched alkanes of at least 4 members (excludes halogenated alkanes) is 3. The second-order valence-corrected chi connectivity index (χ2v) is 29.5. The number of amides is 9. The first kappa shape index (κ1) is 81.2. The molecule has 0 spiro atoms. The van der Waals surface area contributed by atoms with E-state index < -0.39 is 11.8 Å². The topological polar surface area (TPSA) is 371 Å². The van der Waals surface area contributed by atoms with Crippen LogP contribution < -0.4 is 33.2 Å². The summed E-state index contributed by atoms with van der Waals surface area (Å²) in [4.78, 5) is 155. The molecule has 29 heteroatoms. The molecule has 4 heterocycles. The standard InChI is InChI=1S/C28H34N6O4.C27H32N6O4.C26H33N5O3S/c1-32(21-8-4-3-5-9-21)27(37)20-13-16-24-23(18-20)30-28(34(24)17-7-6-10-25(29)35)31-26(36)19-11-14-22(15-12-19)33(2)38;1-3-32(21-7-5-4-6-8-21)26(36)19-11-14-23-22(17-19)29-27(33(23)16-15-24(28)34)30-25(35)18-9-12-20(13-10-18)31(2)37;1-30(19-9-4-2-5-10-19)25(34)18-13-14-21-20(17-18)28-26(29-24(33)22-11-8-16-35-22)31(21)15-7-3-6-12-23(27)32/h11-16,18,21H,3-10,17H2,1-2H3,(H2-,29,30,31,35,36);9-14,17,21H,3-8,15-16H2,1-2H3,(H2-,28,29,30,34,35);8,11,13-14,16-17,19H,2-7,9-10,12,15H2,1H3,(H2,27,32)(H,28,29,33)/p+2. The Morgan fingerprint density at radius 1 is 0.436 bits per heavy atom. The van der Waals surface area contributed by atoms with Crippen molar-refractivity contribution in [3.8, 4) is 0 Å². The Balaban J connectivity index is 0.000000176. The summed E-state index contributed by atoms with van der Waals surface area (Å²) in [5.74, 6) is -1.14. The molecule has 9 amide bonds. The van der Waals surface area contributed by atoms with Crippen LogP contribution >= 0.6 is 11.3 Å². The van der Waals surface area contributed by atoms with Crippen molar-refractivity contribution in [3.63, 3.8) is 0 Å². The molecule has 3 aliphatic carbocycles. The van der Waals surface area contributed by atoms with Crippen molar-refractivity contribution in [2.24, 2.45) is 17.2 Å². The van der Waals surface area contributed by atoms with Gasteiger partial charge in [0.2, 0.25) is 35.6 Å². The Hall–Kier alpha value is -11.4. The summed E-state index contributed by atoms with van der Waals surface area (Å²) >= 11 is 1.37. The molecule has 3 aliphatic rings. The number of hydrogen-bond donors (Lipinski definition) is 6. The number of rotatable bonds is 29. The smallest absolute Gasteiger partial charge is 0.268 e. The number of aromatic nitrogens is 6. The van der Waals surface area contributed by atoms with Crippen molar-refractivity contribution >= 4 is 127 Å².